The van der Waals surface area contributed by atoms with Gasteiger partial charge in [-0.15, -0.1) is 11.8 Å². The summed E-state index contributed by atoms with van der Waals surface area (Å²) in [5.41, 5.74) is 5.18. The van der Waals surface area contributed by atoms with Crippen molar-refractivity contribution in [2.45, 2.75) is 24.3 Å². The van der Waals surface area contributed by atoms with Crippen LogP contribution in [0.4, 0.5) is 11.4 Å². The topological polar surface area (TPSA) is 32.3 Å². The van der Waals surface area contributed by atoms with E-state index < -0.39 is 0 Å². The van der Waals surface area contributed by atoms with Gasteiger partial charge >= 0.3 is 0 Å². The number of carbonyl (C=O) groups excluding carboxylic acids is 1. The molecule has 0 bridgehead atoms. The van der Waals surface area contributed by atoms with E-state index in [1.807, 2.05) is 60.3 Å². The van der Waals surface area contributed by atoms with Gasteiger partial charge in [0.2, 0.25) is 0 Å². The molecule has 0 fully saturated rings. The highest BCUT2D eigenvalue weighted by atomic mass is 32.2. The molecule has 0 saturated carbocycles. The van der Waals surface area contributed by atoms with Crippen LogP contribution in [0, 0.1) is 0 Å². The molecule has 3 aromatic rings. The Kier molecular flexibility index (Phi) is 5.68. The summed E-state index contributed by atoms with van der Waals surface area (Å²) in [7, 11) is 2.08. The normalized spacial score (nSPS) is 12.9. The molecule has 4 rings (SSSR count). The highest BCUT2D eigenvalue weighted by molar-refractivity contribution is 7.99. The van der Waals surface area contributed by atoms with Gasteiger partial charge in [-0.2, -0.15) is 0 Å². The fraction of sp³-hybridized carbons (Fsp3) is 0.208. The van der Waals surface area contributed by atoms with Crippen LogP contribution < -0.4 is 10.2 Å². The molecule has 0 aromatic heterocycles. The molecule has 28 heavy (non-hydrogen) atoms. The first-order valence-corrected chi connectivity index (χ1v) is 10.6. The maximum absolute atomic E-state index is 12.7. The number of nitrogens with zero attached hydrogens (tertiary/aromatic N) is 1. The molecule has 1 amide bonds. The van der Waals surface area contributed by atoms with Gasteiger partial charge < -0.3 is 10.2 Å². The summed E-state index contributed by atoms with van der Waals surface area (Å²) < 4.78 is 0. The predicted molar refractivity (Wildman–Crippen MR) is 118 cm³/mol. The lowest BCUT2D eigenvalue weighted by Gasteiger charge is -2.20. The fourth-order valence-electron chi connectivity index (χ4n) is 3.50. The Morgan fingerprint density at radius 2 is 1.89 bits per heavy atom. The Hall–Kier alpha value is -2.72. The maximum atomic E-state index is 12.7. The van der Waals surface area contributed by atoms with E-state index in [1.54, 1.807) is 0 Å². The molecule has 0 spiro atoms. The number of hydrogen-bond acceptors (Lipinski definition) is 3. The molecule has 1 N–H and O–H groups in total. The van der Waals surface area contributed by atoms with Crippen LogP contribution in [0.2, 0.25) is 0 Å². The molecular weight excluding hydrogens is 364 g/mol. The quantitative estimate of drug-likeness (QED) is 0.616. The van der Waals surface area contributed by atoms with Crippen LogP contribution in [-0.4, -0.2) is 18.7 Å². The Labute approximate surface area is 170 Å². The summed E-state index contributed by atoms with van der Waals surface area (Å²) >= 11 is 1.88. The first-order valence-electron chi connectivity index (χ1n) is 9.61. The van der Waals surface area contributed by atoms with Crippen molar-refractivity contribution < 1.29 is 4.79 Å². The van der Waals surface area contributed by atoms with E-state index in [1.165, 1.54) is 28.3 Å². The lowest BCUT2D eigenvalue weighted by Crippen LogP contribution is -2.17. The minimum Gasteiger partial charge on any atom is -0.370 e. The van der Waals surface area contributed by atoms with Gasteiger partial charge in [-0.1, -0.05) is 30.3 Å². The lowest BCUT2D eigenvalue weighted by molar-refractivity contribution is 0.102. The van der Waals surface area contributed by atoms with Crippen LogP contribution >= 0.6 is 11.8 Å². The number of amides is 1. The minimum absolute atomic E-state index is 0.0491. The summed E-state index contributed by atoms with van der Waals surface area (Å²) in [5.74, 6) is 1.12. The van der Waals surface area contributed by atoms with E-state index >= 15 is 0 Å². The molecule has 1 aliphatic heterocycles. The highest BCUT2D eigenvalue weighted by Gasteiger charge is 2.13. The predicted octanol–water partition coefficient (Wildman–Crippen LogP) is 5.61. The van der Waals surface area contributed by atoms with Crippen molar-refractivity contribution in [3.8, 4) is 0 Å². The fourth-order valence-corrected chi connectivity index (χ4v) is 4.52. The average molecular weight is 389 g/mol. The van der Waals surface area contributed by atoms with Crippen LogP contribution in [0.15, 0.2) is 77.7 Å². The van der Waals surface area contributed by atoms with Gasteiger partial charge in [-0.05, 0) is 72.2 Å². The maximum Gasteiger partial charge on any atom is 0.255 e. The van der Waals surface area contributed by atoms with Crippen molar-refractivity contribution in [1.29, 1.82) is 0 Å². The van der Waals surface area contributed by atoms with Gasteiger partial charge in [-0.3, -0.25) is 4.79 Å². The molecule has 4 heteroatoms. The number of hydrogen-bond donors (Lipinski definition) is 1. The molecule has 0 atom stereocenters. The van der Waals surface area contributed by atoms with E-state index in [-0.39, 0.29) is 5.91 Å². The number of thioether (sulfide) groups is 1. The van der Waals surface area contributed by atoms with E-state index in [0.29, 0.717) is 0 Å². The number of para-hydroxylation sites is 1. The number of aryl methyl sites for hydroxylation is 1. The average Bonchev–Trinajstić information content (AvgIpc) is 2.74. The summed E-state index contributed by atoms with van der Waals surface area (Å²) in [4.78, 5) is 16.2. The first kappa shape index (κ1) is 18.6. The van der Waals surface area contributed by atoms with Crippen molar-refractivity contribution >= 4 is 29.0 Å². The second kappa shape index (κ2) is 8.53. The van der Waals surface area contributed by atoms with E-state index in [2.05, 4.69) is 41.5 Å². The van der Waals surface area contributed by atoms with Crippen molar-refractivity contribution in [2.24, 2.45) is 0 Å². The number of benzene rings is 3. The summed E-state index contributed by atoms with van der Waals surface area (Å²) in [6.45, 7) is 0.782. The summed E-state index contributed by atoms with van der Waals surface area (Å²) in [6.07, 6.45) is 2.24. The number of nitrogens with one attached hydrogen (secondary N) is 1. The van der Waals surface area contributed by atoms with Crippen LogP contribution in [0.1, 0.15) is 27.9 Å². The zero-order chi connectivity index (χ0) is 19.3. The Balaban J connectivity index is 1.45. The molecule has 0 saturated heterocycles. The Morgan fingerprint density at radius 3 is 2.75 bits per heavy atom. The van der Waals surface area contributed by atoms with Gasteiger partial charge in [-0.25, -0.2) is 0 Å². The molecule has 0 aliphatic carbocycles. The molecular formula is C24H24N2OS. The van der Waals surface area contributed by atoms with Gasteiger partial charge in [0, 0.05) is 35.4 Å². The Bertz CT molecular complexity index is 971. The molecule has 0 unspecified atom stereocenters. The Morgan fingerprint density at radius 1 is 1.04 bits per heavy atom. The SMILES string of the molecule is CN(Cc1cccc(NC(=O)c2ccc3c(c2)CCCS3)c1)c1ccccc1. The smallest absolute Gasteiger partial charge is 0.255 e. The minimum atomic E-state index is -0.0491. The molecule has 1 aliphatic rings. The molecule has 3 nitrogen and oxygen atoms in total. The second-order valence-corrected chi connectivity index (χ2v) is 8.26. The number of carbonyl (C=O) groups is 1. The van der Waals surface area contributed by atoms with Gasteiger partial charge in [0.1, 0.15) is 0 Å². The highest BCUT2D eigenvalue weighted by Crippen LogP contribution is 2.30. The second-order valence-electron chi connectivity index (χ2n) is 7.12. The first-order chi connectivity index (χ1) is 13.7. The van der Waals surface area contributed by atoms with Gasteiger partial charge in [0.25, 0.3) is 5.91 Å². The zero-order valence-electron chi connectivity index (χ0n) is 16.0. The molecule has 3 aromatic carbocycles. The number of fused-ring (bicyclic) bond motifs is 1. The zero-order valence-corrected chi connectivity index (χ0v) is 16.8. The van der Waals surface area contributed by atoms with Gasteiger partial charge in [0.05, 0.1) is 0 Å². The number of rotatable bonds is 5. The van der Waals surface area contributed by atoms with Crippen LogP contribution in [0.25, 0.3) is 0 Å². The molecule has 1 heterocycles. The standard InChI is InChI=1S/C24H24N2OS/c1-26(22-10-3-2-4-11-22)17-18-7-5-9-21(15-18)25-24(27)20-12-13-23-19(16-20)8-6-14-28-23/h2-5,7,9-13,15-16H,6,8,14,17H2,1H3,(H,25,27). The van der Waals surface area contributed by atoms with Crippen LogP contribution in [0.3, 0.4) is 0 Å². The van der Waals surface area contributed by atoms with Crippen molar-refractivity contribution in [3.05, 3.63) is 89.5 Å². The van der Waals surface area contributed by atoms with Crippen LogP contribution in [-0.2, 0) is 13.0 Å². The molecule has 142 valence electrons. The molecule has 0 radical (unpaired) electrons. The third-order valence-electron chi connectivity index (χ3n) is 4.97. The van der Waals surface area contributed by atoms with E-state index in [0.717, 1.165) is 29.8 Å². The van der Waals surface area contributed by atoms with Crippen molar-refractivity contribution in [2.75, 3.05) is 23.0 Å². The van der Waals surface area contributed by atoms with Crippen LogP contribution in [0.5, 0.6) is 0 Å². The van der Waals surface area contributed by atoms with E-state index in [4.69, 9.17) is 0 Å². The summed E-state index contributed by atoms with van der Waals surface area (Å²) in [5, 5.41) is 3.05. The number of anilines is 2. The van der Waals surface area contributed by atoms with Crippen molar-refractivity contribution in [1.82, 2.24) is 0 Å². The van der Waals surface area contributed by atoms with Gasteiger partial charge in [0.15, 0.2) is 0 Å². The lowest BCUT2D eigenvalue weighted by atomic mass is 10.1. The summed E-state index contributed by atoms with van der Waals surface area (Å²) in [6, 6.07) is 24.4. The monoisotopic (exact) mass is 388 g/mol. The third kappa shape index (κ3) is 4.39. The largest absolute Gasteiger partial charge is 0.370 e. The van der Waals surface area contributed by atoms with Crippen molar-refractivity contribution in [3.63, 3.8) is 0 Å². The van der Waals surface area contributed by atoms with E-state index in [9.17, 15) is 4.79 Å². The third-order valence-corrected chi connectivity index (χ3v) is 6.17.